The molecule has 0 bridgehead atoms. The molecule has 1 saturated heterocycles. The summed E-state index contributed by atoms with van der Waals surface area (Å²) in [6, 6.07) is 9.88. The fourth-order valence-corrected chi connectivity index (χ4v) is 3.45. The molecule has 6 heteroatoms. The molecule has 1 amide bonds. The van der Waals surface area contributed by atoms with E-state index in [-0.39, 0.29) is 5.91 Å². The van der Waals surface area contributed by atoms with E-state index >= 15 is 0 Å². The number of thioether (sulfide) groups is 1. The minimum absolute atomic E-state index is 0.197. The molecule has 1 aliphatic heterocycles. The van der Waals surface area contributed by atoms with Crippen molar-refractivity contribution in [2.75, 3.05) is 18.8 Å². The van der Waals surface area contributed by atoms with Gasteiger partial charge in [0.15, 0.2) is 5.82 Å². The number of likely N-dealkylation sites (tertiary alicyclic amines) is 1. The van der Waals surface area contributed by atoms with Crippen LogP contribution in [0.5, 0.6) is 0 Å². The van der Waals surface area contributed by atoms with Crippen LogP contribution in [0.15, 0.2) is 35.5 Å². The van der Waals surface area contributed by atoms with Gasteiger partial charge in [-0.1, -0.05) is 61.4 Å². The van der Waals surface area contributed by atoms with Crippen molar-refractivity contribution in [2.24, 2.45) is 0 Å². The van der Waals surface area contributed by atoms with Crippen molar-refractivity contribution in [1.29, 1.82) is 0 Å². The highest BCUT2D eigenvalue weighted by Crippen LogP contribution is 2.19. The number of nitrogens with zero attached hydrogens (tertiary/aromatic N) is 3. The van der Waals surface area contributed by atoms with E-state index in [1.54, 1.807) is 0 Å². The van der Waals surface area contributed by atoms with Crippen LogP contribution < -0.4 is 0 Å². The summed E-state index contributed by atoms with van der Waals surface area (Å²) in [5.74, 6) is 1.35. The molecule has 0 saturated carbocycles. The van der Waals surface area contributed by atoms with Crippen molar-refractivity contribution in [3.05, 3.63) is 30.3 Å². The summed E-state index contributed by atoms with van der Waals surface area (Å²) in [7, 11) is 0. The highest BCUT2D eigenvalue weighted by molar-refractivity contribution is 7.99. The SMILES string of the molecule is O=C(CSc1n[nH]c(-c2ccccc2)n1)N1CCCCCCC1. The van der Waals surface area contributed by atoms with E-state index in [1.165, 1.54) is 31.0 Å². The molecule has 1 fully saturated rings. The Hall–Kier alpha value is -1.82. The van der Waals surface area contributed by atoms with Crippen LogP contribution in [-0.2, 0) is 4.79 Å². The summed E-state index contributed by atoms with van der Waals surface area (Å²) in [5, 5.41) is 7.76. The zero-order valence-electron chi connectivity index (χ0n) is 13.2. The van der Waals surface area contributed by atoms with Crippen molar-refractivity contribution in [1.82, 2.24) is 20.1 Å². The number of aromatic amines is 1. The fraction of sp³-hybridized carbons (Fsp3) is 0.471. The molecule has 1 aliphatic rings. The Morgan fingerprint density at radius 3 is 2.52 bits per heavy atom. The second-order valence-electron chi connectivity index (χ2n) is 5.77. The first-order valence-corrected chi connectivity index (χ1v) is 9.20. The summed E-state index contributed by atoms with van der Waals surface area (Å²) in [6.07, 6.45) is 6.01. The zero-order valence-corrected chi connectivity index (χ0v) is 14.0. The Bertz CT molecular complexity index is 621. The van der Waals surface area contributed by atoms with E-state index in [0.29, 0.717) is 10.9 Å². The van der Waals surface area contributed by atoms with Gasteiger partial charge in [0.25, 0.3) is 0 Å². The molecule has 1 N–H and O–H groups in total. The summed E-state index contributed by atoms with van der Waals surface area (Å²) >= 11 is 1.41. The molecular formula is C17H22N4OS. The van der Waals surface area contributed by atoms with E-state index < -0.39 is 0 Å². The predicted molar refractivity (Wildman–Crippen MR) is 92.2 cm³/mol. The third-order valence-electron chi connectivity index (χ3n) is 4.05. The van der Waals surface area contributed by atoms with Gasteiger partial charge in [-0.2, -0.15) is 0 Å². The van der Waals surface area contributed by atoms with Gasteiger partial charge in [-0.3, -0.25) is 9.89 Å². The number of nitrogens with one attached hydrogen (secondary N) is 1. The van der Waals surface area contributed by atoms with Gasteiger partial charge in [-0.15, -0.1) is 5.10 Å². The number of hydrogen-bond acceptors (Lipinski definition) is 4. The van der Waals surface area contributed by atoms with E-state index in [1.807, 2.05) is 35.2 Å². The molecule has 0 radical (unpaired) electrons. The number of carbonyl (C=O) groups is 1. The maximum atomic E-state index is 12.4. The van der Waals surface area contributed by atoms with Gasteiger partial charge >= 0.3 is 0 Å². The normalized spacial score (nSPS) is 15.9. The van der Waals surface area contributed by atoms with Crippen molar-refractivity contribution >= 4 is 17.7 Å². The van der Waals surface area contributed by atoms with Gasteiger partial charge in [0.1, 0.15) is 0 Å². The average Bonchev–Trinajstić information content (AvgIpc) is 3.02. The van der Waals surface area contributed by atoms with Crippen molar-refractivity contribution in [3.63, 3.8) is 0 Å². The number of amides is 1. The number of H-pyrrole nitrogens is 1. The van der Waals surface area contributed by atoms with Gasteiger partial charge in [0.2, 0.25) is 11.1 Å². The molecule has 1 aromatic heterocycles. The molecule has 1 aromatic carbocycles. The Labute approximate surface area is 140 Å². The zero-order chi connectivity index (χ0) is 15.9. The standard InChI is InChI=1S/C17H22N4OS/c22-15(21-11-7-2-1-3-8-12-21)13-23-17-18-16(19-20-17)14-9-5-4-6-10-14/h4-6,9-10H,1-3,7-8,11-13H2,(H,18,19,20). The first-order valence-electron chi connectivity index (χ1n) is 8.21. The number of rotatable bonds is 4. The molecule has 122 valence electrons. The van der Waals surface area contributed by atoms with Gasteiger partial charge in [-0.25, -0.2) is 4.98 Å². The van der Waals surface area contributed by atoms with E-state index in [2.05, 4.69) is 15.2 Å². The molecule has 0 aliphatic carbocycles. The van der Waals surface area contributed by atoms with Gasteiger partial charge in [0.05, 0.1) is 5.75 Å². The third-order valence-corrected chi connectivity index (χ3v) is 4.88. The second kappa shape index (κ2) is 8.15. The minimum atomic E-state index is 0.197. The Balaban J connectivity index is 1.53. The molecule has 0 unspecified atom stereocenters. The smallest absolute Gasteiger partial charge is 0.233 e. The number of carbonyl (C=O) groups excluding carboxylic acids is 1. The molecule has 0 atom stereocenters. The lowest BCUT2D eigenvalue weighted by Crippen LogP contribution is -2.35. The van der Waals surface area contributed by atoms with E-state index in [9.17, 15) is 4.79 Å². The van der Waals surface area contributed by atoms with Crippen molar-refractivity contribution in [3.8, 4) is 11.4 Å². The second-order valence-corrected chi connectivity index (χ2v) is 6.71. The summed E-state index contributed by atoms with van der Waals surface area (Å²) in [5.41, 5.74) is 1.00. The number of benzene rings is 1. The van der Waals surface area contributed by atoms with E-state index in [4.69, 9.17) is 0 Å². The van der Waals surface area contributed by atoms with Crippen LogP contribution in [-0.4, -0.2) is 44.8 Å². The molecule has 5 nitrogen and oxygen atoms in total. The van der Waals surface area contributed by atoms with Crippen molar-refractivity contribution in [2.45, 2.75) is 37.3 Å². The summed E-state index contributed by atoms with van der Waals surface area (Å²) in [6.45, 7) is 1.78. The lowest BCUT2D eigenvalue weighted by Gasteiger charge is -2.24. The van der Waals surface area contributed by atoms with Gasteiger partial charge in [-0.05, 0) is 12.8 Å². The highest BCUT2D eigenvalue weighted by atomic mass is 32.2. The maximum absolute atomic E-state index is 12.4. The molecular weight excluding hydrogens is 308 g/mol. The lowest BCUT2D eigenvalue weighted by atomic mass is 10.1. The minimum Gasteiger partial charge on any atom is -0.342 e. The lowest BCUT2D eigenvalue weighted by molar-refractivity contribution is -0.128. The van der Waals surface area contributed by atoms with E-state index in [0.717, 1.165) is 37.3 Å². The van der Waals surface area contributed by atoms with Crippen LogP contribution in [0.25, 0.3) is 11.4 Å². The number of aromatic nitrogens is 3. The average molecular weight is 330 g/mol. The highest BCUT2D eigenvalue weighted by Gasteiger charge is 2.16. The van der Waals surface area contributed by atoms with Gasteiger partial charge < -0.3 is 4.90 Å². The van der Waals surface area contributed by atoms with Crippen LogP contribution in [0, 0.1) is 0 Å². The largest absolute Gasteiger partial charge is 0.342 e. The van der Waals surface area contributed by atoms with Crippen LogP contribution in [0.3, 0.4) is 0 Å². The van der Waals surface area contributed by atoms with Crippen molar-refractivity contribution < 1.29 is 4.79 Å². The van der Waals surface area contributed by atoms with Crippen LogP contribution in [0.4, 0.5) is 0 Å². The monoisotopic (exact) mass is 330 g/mol. The van der Waals surface area contributed by atoms with Gasteiger partial charge in [0, 0.05) is 18.7 Å². The first kappa shape index (κ1) is 16.1. The fourth-order valence-electron chi connectivity index (χ4n) is 2.75. The summed E-state index contributed by atoms with van der Waals surface area (Å²) < 4.78 is 0. The first-order chi connectivity index (χ1) is 11.3. The number of hydrogen-bond donors (Lipinski definition) is 1. The molecule has 23 heavy (non-hydrogen) atoms. The Morgan fingerprint density at radius 1 is 1.09 bits per heavy atom. The summed E-state index contributed by atoms with van der Waals surface area (Å²) in [4.78, 5) is 18.8. The molecule has 0 spiro atoms. The van der Waals surface area contributed by atoms with Crippen LogP contribution in [0.1, 0.15) is 32.1 Å². The quantitative estimate of drug-likeness (QED) is 0.873. The molecule has 2 aromatic rings. The topological polar surface area (TPSA) is 61.9 Å². The Kier molecular flexibility index (Phi) is 5.69. The van der Waals surface area contributed by atoms with Crippen LogP contribution >= 0.6 is 11.8 Å². The van der Waals surface area contributed by atoms with Crippen LogP contribution in [0.2, 0.25) is 0 Å². The molecule has 2 heterocycles. The maximum Gasteiger partial charge on any atom is 0.233 e. The Morgan fingerprint density at radius 2 is 1.78 bits per heavy atom. The predicted octanol–water partition coefficient (Wildman–Crippen LogP) is 3.36. The third kappa shape index (κ3) is 4.58. The molecule has 3 rings (SSSR count).